The number of ether oxygens (including phenoxy) is 2. The number of halogens is 3. The zero-order chi connectivity index (χ0) is 15.5. The van der Waals surface area contributed by atoms with Gasteiger partial charge in [0.2, 0.25) is 0 Å². The van der Waals surface area contributed by atoms with Crippen LogP contribution < -0.4 is 10.1 Å². The Morgan fingerprint density at radius 1 is 1.33 bits per heavy atom. The first kappa shape index (κ1) is 16.1. The van der Waals surface area contributed by atoms with Gasteiger partial charge < -0.3 is 14.8 Å². The molecule has 0 heterocycles. The van der Waals surface area contributed by atoms with Crippen LogP contribution in [-0.4, -0.2) is 31.9 Å². The van der Waals surface area contributed by atoms with Crippen LogP contribution in [0.5, 0.6) is 5.75 Å². The van der Waals surface area contributed by atoms with E-state index in [1.54, 1.807) is 7.11 Å². The number of rotatable bonds is 6. The molecule has 1 aromatic rings. The number of hydrogen-bond donors (Lipinski definition) is 1. The van der Waals surface area contributed by atoms with Gasteiger partial charge in [-0.2, -0.15) is 13.2 Å². The molecule has 0 amide bonds. The van der Waals surface area contributed by atoms with Gasteiger partial charge in [-0.15, -0.1) is 0 Å². The normalized spacial score (nSPS) is 25.5. The Labute approximate surface area is 122 Å². The van der Waals surface area contributed by atoms with Crippen LogP contribution in [-0.2, 0) is 10.9 Å². The maximum atomic E-state index is 12.7. The Kier molecular flexibility index (Phi) is 5.11. The van der Waals surface area contributed by atoms with Crippen LogP contribution in [0.25, 0.3) is 0 Å². The van der Waals surface area contributed by atoms with Gasteiger partial charge in [0.25, 0.3) is 0 Å². The molecule has 118 valence electrons. The second-order valence-corrected chi connectivity index (χ2v) is 5.18. The number of alkyl halides is 3. The van der Waals surface area contributed by atoms with Crippen molar-refractivity contribution < 1.29 is 22.6 Å². The summed E-state index contributed by atoms with van der Waals surface area (Å²) in [7, 11) is 1.59. The van der Waals surface area contributed by atoms with E-state index >= 15 is 0 Å². The van der Waals surface area contributed by atoms with Gasteiger partial charge in [0, 0.05) is 19.6 Å². The van der Waals surface area contributed by atoms with Crippen LogP contribution in [0.2, 0.25) is 0 Å². The summed E-state index contributed by atoms with van der Waals surface area (Å²) in [5.41, 5.74) is -0.700. The van der Waals surface area contributed by atoms with E-state index in [0.717, 1.165) is 31.5 Å². The van der Waals surface area contributed by atoms with E-state index < -0.39 is 11.7 Å². The molecular weight excluding hydrogens is 283 g/mol. The van der Waals surface area contributed by atoms with Gasteiger partial charge in [-0.25, -0.2) is 0 Å². The summed E-state index contributed by atoms with van der Waals surface area (Å²) < 4.78 is 49.0. The van der Waals surface area contributed by atoms with Crippen LogP contribution in [0.4, 0.5) is 13.2 Å². The molecule has 0 aliphatic heterocycles. The van der Waals surface area contributed by atoms with Crippen molar-refractivity contribution in [3.05, 3.63) is 29.8 Å². The van der Waals surface area contributed by atoms with Crippen LogP contribution in [0.3, 0.4) is 0 Å². The molecule has 2 rings (SSSR count). The van der Waals surface area contributed by atoms with Crippen LogP contribution in [0.15, 0.2) is 24.3 Å². The Morgan fingerprint density at radius 3 is 2.71 bits per heavy atom. The number of benzene rings is 1. The maximum Gasteiger partial charge on any atom is 0.416 e. The van der Waals surface area contributed by atoms with E-state index in [4.69, 9.17) is 9.47 Å². The summed E-state index contributed by atoms with van der Waals surface area (Å²) in [6.45, 7) is 2.96. The van der Waals surface area contributed by atoms with E-state index in [-0.39, 0.29) is 24.0 Å². The molecule has 6 heteroatoms. The molecule has 1 aliphatic rings. The number of hydrogen-bond acceptors (Lipinski definition) is 3. The average Bonchev–Trinajstić information content (AvgIpc) is 2.42. The lowest BCUT2D eigenvalue weighted by molar-refractivity contribution is -0.138. The SMILES string of the molecule is CCCNC1CC(Oc2cccc(C(F)(F)F)c2)C1OC. The summed E-state index contributed by atoms with van der Waals surface area (Å²) in [5, 5.41) is 3.34. The Bertz CT molecular complexity index is 464. The second kappa shape index (κ2) is 6.66. The molecule has 21 heavy (non-hydrogen) atoms. The minimum atomic E-state index is -4.36. The van der Waals surface area contributed by atoms with Crippen molar-refractivity contribution in [1.82, 2.24) is 5.32 Å². The van der Waals surface area contributed by atoms with Gasteiger partial charge in [-0.3, -0.25) is 0 Å². The van der Waals surface area contributed by atoms with E-state index in [1.165, 1.54) is 12.1 Å². The van der Waals surface area contributed by atoms with E-state index in [0.29, 0.717) is 0 Å². The lowest BCUT2D eigenvalue weighted by Crippen LogP contribution is -2.61. The first-order valence-corrected chi connectivity index (χ1v) is 7.05. The molecule has 0 radical (unpaired) electrons. The highest BCUT2D eigenvalue weighted by molar-refractivity contribution is 5.30. The molecule has 1 N–H and O–H groups in total. The zero-order valence-corrected chi connectivity index (χ0v) is 12.1. The maximum absolute atomic E-state index is 12.7. The van der Waals surface area contributed by atoms with Crippen LogP contribution in [0, 0.1) is 0 Å². The first-order valence-electron chi connectivity index (χ1n) is 7.05. The van der Waals surface area contributed by atoms with Crippen molar-refractivity contribution in [2.24, 2.45) is 0 Å². The van der Waals surface area contributed by atoms with Gasteiger partial charge in [-0.1, -0.05) is 13.0 Å². The van der Waals surface area contributed by atoms with Crippen molar-refractivity contribution in [3.63, 3.8) is 0 Å². The zero-order valence-electron chi connectivity index (χ0n) is 12.1. The summed E-state index contributed by atoms with van der Waals surface area (Å²) in [4.78, 5) is 0. The van der Waals surface area contributed by atoms with Crippen molar-refractivity contribution in [1.29, 1.82) is 0 Å². The molecule has 0 aromatic heterocycles. The molecule has 1 saturated carbocycles. The molecular formula is C15H20F3NO2. The highest BCUT2D eigenvalue weighted by Crippen LogP contribution is 2.33. The summed E-state index contributed by atoms with van der Waals surface area (Å²) in [6, 6.07) is 5.15. The highest BCUT2D eigenvalue weighted by Gasteiger charge is 2.43. The van der Waals surface area contributed by atoms with Gasteiger partial charge in [0.1, 0.15) is 18.0 Å². The Morgan fingerprint density at radius 2 is 2.10 bits per heavy atom. The molecule has 3 atom stereocenters. The van der Waals surface area contributed by atoms with Crippen LogP contribution >= 0.6 is 0 Å². The van der Waals surface area contributed by atoms with Gasteiger partial charge in [0.05, 0.1) is 5.56 Å². The largest absolute Gasteiger partial charge is 0.488 e. The topological polar surface area (TPSA) is 30.5 Å². The predicted octanol–water partition coefficient (Wildman–Crippen LogP) is 3.24. The Balaban J connectivity index is 1.96. The predicted molar refractivity (Wildman–Crippen MR) is 73.4 cm³/mol. The third-order valence-electron chi connectivity index (χ3n) is 3.63. The van der Waals surface area contributed by atoms with Gasteiger partial charge in [-0.05, 0) is 31.2 Å². The molecule has 3 nitrogen and oxygen atoms in total. The smallest absolute Gasteiger partial charge is 0.416 e. The first-order chi connectivity index (χ1) is 9.95. The van der Waals surface area contributed by atoms with E-state index in [9.17, 15) is 13.2 Å². The summed E-state index contributed by atoms with van der Waals surface area (Å²) >= 11 is 0. The average molecular weight is 303 g/mol. The molecule has 0 saturated heterocycles. The van der Waals surface area contributed by atoms with E-state index in [2.05, 4.69) is 12.2 Å². The molecule has 1 aliphatic carbocycles. The molecule has 0 bridgehead atoms. The minimum Gasteiger partial charge on any atom is -0.488 e. The Hall–Kier alpha value is -1.27. The molecule has 0 spiro atoms. The summed E-state index contributed by atoms with van der Waals surface area (Å²) in [5.74, 6) is 0.228. The van der Waals surface area contributed by atoms with Crippen molar-refractivity contribution in [3.8, 4) is 5.75 Å². The number of nitrogens with one attached hydrogen (secondary N) is 1. The molecule has 3 unspecified atom stereocenters. The van der Waals surface area contributed by atoms with Crippen LogP contribution in [0.1, 0.15) is 25.3 Å². The van der Waals surface area contributed by atoms with E-state index in [1.807, 2.05) is 0 Å². The van der Waals surface area contributed by atoms with Gasteiger partial charge >= 0.3 is 6.18 Å². The molecule has 1 fully saturated rings. The fraction of sp³-hybridized carbons (Fsp3) is 0.600. The number of methoxy groups -OCH3 is 1. The van der Waals surface area contributed by atoms with Crippen molar-refractivity contribution >= 4 is 0 Å². The quantitative estimate of drug-likeness (QED) is 0.875. The minimum absolute atomic E-state index is 0.133. The van der Waals surface area contributed by atoms with Crippen molar-refractivity contribution in [2.75, 3.05) is 13.7 Å². The fourth-order valence-corrected chi connectivity index (χ4v) is 2.46. The second-order valence-electron chi connectivity index (χ2n) is 5.18. The summed E-state index contributed by atoms with van der Waals surface area (Å²) in [6.07, 6.45) is -2.95. The van der Waals surface area contributed by atoms with Gasteiger partial charge in [0.15, 0.2) is 0 Å². The molecule has 1 aromatic carbocycles. The lowest BCUT2D eigenvalue weighted by Gasteiger charge is -2.43. The third-order valence-corrected chi connectivity index (χ3v) is 3.63. The standard InChI is InChI=1S/C15H20F3NO2/c1-3-7-19-12-9-13(14(12)20-2)21-11-6-4-5-10(8-11)15(16,17)18/h4-6,8,12-14,19H,3,7,9H2,1-2H3. The fourth-order valence-electron chi connectivity index (χ4n) is 2.46. The monoisotopic (exact) mass is 303 g/mol. The lowest BCUT2D eigenvalue weighted by atomic mass is 9.85. The van der Waals surface area contributed by atoms with Crippen molar-refractivity contribution in [2.45, 2.75) is 44.2 Å². The third kappa shape index (κ3) is 3.89. The highest BCUT2D eigenvalue weighted by atomic mass is 19.4.